The minimum atomic E-state index is -0.674. The van der Waals surface area contributed by atoms with E-state index in [1.54, 1.807) is 19.5 Å². The van der Waals surface area contributed by atoms with Crippen LogP contribution in [0.2, 0.25) is 5.02 Å². The maximum atomic E-state index is 11.7. The Balaban J connectivity index is 1.55. The Kier molecular flexibility index (Phi) is 7.11. The average Bonchev–Trinajstić information content (AvgIpc) is 3.53. The van der Waals surface area contributed by atoms with Gasteiger partial charge >= 0.3 is 5.76 Å². The topological polar surface area (TPSA) is 128 Å². The molecule has 0 spiro atoms. The molecule has 1 N–H and O–H groups in total. The van der Waals surface area contributed by atoms with Gasteiger partial charge in [0, 0.05) is 44.2 Å². The molecular formula is C27H33ClN8O3. The highest BCUT2D eigenvalue weighted by Crippen LogP contribution is 2.37. The molecular weight excluding hydrogens is 520 g/mol. The van der Waals surface area contributed by atoms with Crippen LogP contribution in [0.1, 0.15) is 52.4 Å². The van der Waals surface area contributed by atoms with Gasteiger partial charge in [0.1, 0.15) is 11.2 Å². The zero-order valence-electron chi connectivity index (χ0n) is 22.4. The number of aromatic nitrogens is 7. The molecule has 11 nitrogen and oxygen atoms in total. The van der Waals surface area contributed by atoms with Crippen molar-refractivity contribution in [3.05, 3.63) is 34.0 Å². The van der Waals surface area contributed by atoms with E-state index in [9.17, 15) is 4.79 Å². The van der Waals surface area contributed by atoms with E-state index in [0.29, 0.717) is 22.3 Å². The largest absolute Gasteiger partial charge is 0.434 e. The van der Waals surface area contributed by atoms with E-state index in [-0.39, 0.29) is 23.9 Å². The molecule has 4 aromatic heterocycles. The lowest BCUT2D eigenvalue weighted by atomic mass is 9.83. The summed E-state index contributed by atoms with van der Waals surface area (Å²) in [6.45, 7) is 6.20. The molecule has 0 radical (unpaired) electrons. The van der Waals surface area contributed by atoms with Gasteiger partial charge in [0.15, 0.2) is 5.65 Å². The van der Waals surface area contributed by atoms with Crippen molar-refractivity contribution < 1.29 is 9.15 Å². The number of hydrogen-bond acceptors (Lipinski definition) is 9. The Bertz CT molecular complexity index is 1520. The minimum absolute atomic E-state index is 0.00443. The summed E-state index contributed by atoms with van der Waals surface area (Å²) in [7, 11) is 1.78. The van der Waals surface area contributed by atoms with Crippen LogP contribution >= 0.6 is 11.6 Å². The number of anilines is 1. The first-order valence-corrected chi connectivity index (χ1v) is 14.0. The van der Waals surface area contributed by atoms with E-state index >= 15 is 0 Å². The van der Waals surface area contributed by atoms with Gasteiger partial charge < -0.3 is 18.6 Å². The first kappa shape index (κ1) is 25.9. The normalized spacial score (nSPS) is 23.9. The zero-order valence-corrected chi connectivity index (χ0v) is 23.2. The molecule has 2 aliphatic rings. The van der Waals surface area contributed by atoms with E-state index < -0.39 is 5.76 Å². The number of aromatic amines is 1. The van der Waals surface area contributed by atoms with Crippen molar-refractivity contribution in [2.45, 2.75) is 71.1 Å². The number of ether oxygens (including phenoxy) is 1. The smallest absolute Gasteiger partial charge is 0.384 e. The summed E-state index contributed by atoms with van der Waals surface area (Å²) in [6.07, 6.45) is 10.2. The summed E-state index contributed by atoms with van der Waals surface area (Å²) >= 11 is 6.36. The maximum Gasteiger partial charge on any atom is 0.434 e. The molecule has 0 bridgehead atoms. The second-order valence-electron chi connectivity index (χ2n) is 11.0. The molecule has 1 aliphatic carbocycles. The van der Waals surface area contributed by atoms with Crippen LogP contribution in [0, 0.1) is 11.8 Å². The number of hydrogen-bond donors (Lipinski definition) is 1. The molecule has 206 valence electrons. The molecule has 1 saturated carbocycles. The minimum Gasteiger partial charge on any atom is -0.384 e. The Labute approximate surface area is 231 Å². The SMILES string of the molecule is CO[C@@H]1CCN(c2nc3nc(-c4n[nH]c(=O)o4)nc(-c4cncc(Cl)c4)c3n2CC2CCC(C)CC2)[C@@H](C)C1. The fourth-order valence-corrected chi connectivity index (χ4v) is 6.16. The van der Waals surface area contributed by atoms with Gasteiger partial charge in [0.25, 0.3) is 5.89 Å². The number of pyridine rings is 1. The summed E-state index contributed by atoms with van der Waals surface area (Å²) in [5.74, 6) is 1.66. The van der Waals surface area contributed by atoms with Crippen molar-refractivity contribution in [2.24, 2.45) is 11.8 Å². The van der Waals surface area contributed by atoms with E-state index in [0.717, 1.165) is 48.9 Å². The number of fused-ring (bicyclic) bond motifs is 1. The maximum absolute atomic E-state index is 11.7. The van der Waals surface area contributed by atoms with Crippen LogP contribution in [-0.2, 0) is 11.3 Å². The summed E-state index contributed by atoms with van der Waals surface area (Å²) < 4.78 is 13.2. The molecule has 12 heteroatoms. The van der Waals surface area contributed by atoms with Crippen LogP contribution in [0.3, 0.4) is 0 Å². The molecule has 0 unspecified atom stereocenters. The third kappa shape index (κ3) is 5.17. The highest BCUT2D eigenvalue weighted by atomic mass is 35.5. The molecule has 2 atom stereocenters. The van der Waals surface area contributed by atoms with Crippen molar-refractivity contribution >= 4 is 28.7 Å². The van der Waals surface area contributed by atoms with Gasteiger partial charge in [-0.15, -0.1) is 5.10 Å². The van der Waals surface area contributed by atoms with Gasteiger partial charge in [0.2, 0.25) is 11.8 Å². The highest BCUT2D eigenvalue weighted by molar-refractivity contribution is 6.30. The molecule has 5 heterocycles. The second-order valence-corrected chi connectivity index (χ2v) is 11.4. The van der Waals surface area contributed by atoms with Gasteiger partial charge in [-0.1, -0.05) is 31.4 Å². The fourth-order valence-electron chi connectivity index (χ4n) is 5.99. The van der Waals surface area contributed by atoms with Crippen LogP contribution in [-0.4, -0.2) is 60.5 Å². The van der Waals surface area contributed by atoms with Crippen molar-refractivity contribution in [3.8, 4) is 23.0 Å². The Morgan fingerprint density at radius 2 is 1.95 bits per heavy atom. The van der Waals surface area contributed by atoms with Gasteiger partial charge in [-0.25, -0.2) is 19.9 Å². The van der Waals surface area contributed by atoms with Crippen molar-refractivity contribution in [1.82, 2.24) is 34.7 Å². The zero-order chi connectivity index (χ0) is 27.1. The van der Waals surface area contributed by atoms with Crippen LogP contribution in [0.4, 0.5) is 5.95 Å². The number of methoxy groups -OCH3 is 1. The predicted octanol–water partition coefficient (Wildman–Crippen LogP) is 4.72. The molecule has 1 saturated heterocycles. The standard InChI is InChI=1S/C27H33ClN8O3/c1-15-4-6-17(7-5-15)14-36-22-21(18-11-19(28)13-29-12-18)30-24(25-33-34-27(37)39-25)31-23(22)32-26(36)35-9-8-20(38-3)10-16(35)2/h11-13,15-17,20H,4-10,14H2,1-3H3,(H,34,37)/t15?,16-,17?,20+/m0/s1. The summed E-state index contributed by atoms with van der Waals surface area (Å²) in [5, 5.41) is 6.75. The van der Waals surface area contributed by atoms with E-state index in [4.69, 9.17) is 35.7 Å². The third-order valence-corrected chi connectivity index (χ3v) is 8.39. The predicted molar refractivity (Wildman–Crippen MR) is 148 cm³/mol. The molecule has 1 aliphatic heterocycles. The number of H-pyrrole nitrogens is 1. The van der Waals surface area contributed by atoms with Crippen molar-refractivity contribution in [2.75, 3.05) is 18.6 Å². The van der Waals surface area contributed by atoms with Gasteiger partial charge in [0.05, 0.1) is 11.1 Å². The fraction of sp³-hybridized carbons (Fsp3) is 0.556. The lowest BCUT2D eigenvalue weighted by Gasteiger charge is -2.38. The third-order valence-electron chi connectivity index (χ3n) is 8.19. The molecule has 2 fully saturated rings. The monoisotopic (exact) mass is 552 g/mol. The summed E-state index contributed by atoms with van der Waals surface area (Å²) in [4.78, 5) is 33.1. The molecule has 39 heavy (non-hydrogen) atoms. The number of imidazole rings is 1. The quantitative estimate of drug-likeness (QED) is 0.361. The second kappa shape index (κ2) is 10.7. The van der Waals surface area contributed by atoms with Crippen LogP contribution in [0.25, 0.3) is 34.1 Å². The van der Waals surface area contributed by atoms with E-state index in [1.807, 2.05) is 6.07 Å². The van der Waals surface area contributed by atoms with Crippen molar-refractivity contribution in [3.63, 3.8) is 0 Å². The first-order chi connectivity index (χ1) is 18.9. The number of nitrogens with one attached hydrogen (secondary N) is 1. The highest BCUT2D eigenvalue weighted by Gasteiger charge is 2.32. The van der Waals surface area contributed by atoms with Gasteiger partial charge in [-0.3, -0.25) is 4.98 Å². The number of halogens is 1. The Morgan fingerprint density at radius 1 is 1.13 bits per heavy atom. The van der Waals surface area contributed by atoms with Crippen LogP contribution in [0.5, 0.6) is 0 Å². The number of rotatable bonds is 6. The van der Waals surface area contributed by atoms with Crippen LogP contribution < -0.4 is 10.7 Å². The first-order valence-electron chi connectivity index (χ1n) is 13.6. The Hall–Kier alpha value is -3.31. The van der Waals surface area contributed by atoms with E-state index in [2.05, 4.69) is 38.5 Å². The number of piperidine rings is 1. The average molecular weight is 553 g/mol. The van der Waals surface area contributed by atoms with Gasteiger partial charge in [-0.2, -0.15) is 4.98 Å². The van der Waals surface area contributed by atoms with Crippen molar-refractivity contribution in [1.29, 1.82) is 0 Å². The van der Waals surface area contributed by atoms with Gasteiger partial charge in [-0.05, 0) is 50.5 Å². The molecule has 0 amide bonds. The Morgan fingerprint density at radius 3 is 2.64 bits per heavy atom. The van der Waals surface area contributed by atoms with Crippen LogP contribution in [0.15, 0.2) is 27.7 Å². The number of nitrogens with zero attached hydrogens (tertiary/aromatic N) is 7. The molecule has 4 aromatic rings. The lowest BCUT2D eigenvalue weighted by molar-refractivity contribution is 0.0716. The summed E-state index contributed by atoms with van der Waals surface area (Å²) in [5.41, 5.74) is 2.68. The molecule has 0 aromatic carbocycles. The molecule has 6 rings (SSSR count). The lowest BCUT2D eigenvalue weighted by Crippen LogP contribution is -2.44. The van der Waals surface area contributed by atoms with E-state index in [1.165, 1.54) is 25.7 Å². The summed E-state index contributed by atoms with van der Waals surface area (Å²) in [6, 6.07) is 2.06.